The molecule has 1 aliphatic rings. The first-order chi connectivity index (χ1) is 12.9. The zero-order valence-electron chi connectivity index (χ0n) is 16.4. The monoisotopic (exact) mass is 396 g/mol. The van der Waals surface area contributed by atoms with Crippen molar-refractivity contribution in [3.05, 3.63) is 29.8 Å². The molecule has 7 heteroatoms. The van der Waals surface area contributed by atoms with Crippen molar-refractivity contribution in [2.45, 2.75) is 62.8 Å². The molecule has 0 spiro atoms. The van der Waals surface area contributed by atoms with E-state index in [1.165, 1.54) is 10.4 Å². The number of hydrogen-bond donors (Lipinski definition) is 2. The lowest BCUT2D eigenvalue weighted by Gasteiger charge is -2.30. The number of carbonyl (C=O) groups is 1. The number of nitrogens with one attached hydrogen (secondary N) is 1. The van der Waals surface area contributed by atoms with Crippen molar-refractivity contribution in [2.75, 3.05) is 20.2 Å². The third-order valence-electron chi connectivity index (χ3n) is 5.33. The summed E-state index contributed by atoms with van der Waals surface area (Å²) in [4.78, 5) is 12.5. The Morgan fingerprint density at radius 2 is 2.00 bits per heavy atom. The van der Waals surface area contributed by atoms with Crippen LogP contribution in [0.4, 0.5) is 0 Å². The van der Waals surface area contributed by atoms with Crippen LogP contribution < -0.4 is 5.32 Å². The molecule has 0 heterocycles. The molecule has 0 aromatic heterocycles. The smallest absolute Gasteiger partial charge is 0.251 e. The van der Waals surface area contributed by atoms with Crippen LogP contribution in [0.1, 0.15) is 62.2 Å². The summed E-state index contributed by atoms with van der Waals surface area (Å²) in [6.45, 7) is 2.60. The van der Waals surface area contributed by atoms with Gasteiger partial charge in [0.15, 0.2) is 0 Å². The van der Waals surface area contributed by atoms with Gasteiger partial charge >= 0.3 is 0 Å². The standard InChI is InChI=1S/C20H32N2O4S/c1-16(15-23)8-7-13-21-20(24)17-9-6-12-19(14-17)27(25,26)22(2)18-10-4-3-5-11-18/h6,9,12,14,16,18,23H,3-5,7-8,10-11,13,15H2,1-2H3,(H,21,24). The minimum atomic E-state index is -3.61. The predicted octanol–water partition coefficient (Wildman–Crippen LogP) is 2.78. The zero-order chi connectivity index (χ0) is 19.9. The summed E-state index contributed by atoms with van der Waals surface area (Å²) in [5, 5.41) is 11.8. The van der Waals surface area contributed by atoms with Crippen LogP contribution >= 0.6 is 0 Å². The number of benzene rings is 1. The van der Waals surface area contributed by atoms with Crippen LogP contribution in [0.3, 0.4) is 0 Å². The van der Waals surface area contributed by atoms with Crippen LogP contribution in [-0.4, -0.2) is 50.0 Å². The Bertz CT molecular complexity index is 714. The number of rotatable bonds is 9. The molecule has 0 aliphatic heterocycles. The Morgan fingerprint density at radius 3 is 2.67 bits per heavy atom. The quantitative estimate of drug-likeness (QED) is 0.629. The molecule has 6 nitrogen and oxygen atoms in total. The van der Waals surface area contributed by atoms with Crippen molar-refractivity contribution in [2.24, 2.45) is 5.92 Å². The summed E-state index contributed by atoms with van der Waals surface area (Å²) in [7, 11) is -1.97. The summed E-state index contributed by atoms with van der Waals surface area (Å²) in [5.74, 6) is -0.0604. The Hall–Kier alpha value is -1.44. The van der Waals surface area contributed by atoms with E-state index in [2.05, 4.69) is 5.32 Å². The number of sulfonamides is 1. The van der Waals surface area contributed by atoms with E-state index >= 15 is 0 Å². The first kappa shape index (κ1) is 21.9. The number of nitrogens with zero attached hydrogens (tertiary/aromatic N) is 1. The molecule has 1 saturated carbocycles. The van der Waals surface area contributed by atoms with Crippen LogP contribution in [0.2, 0.25) is 0 Å². The molecule has 2 N–H and O–H groups in total. The number of carbonyl (C=O) groups excluding carboxylic acids is 1. The molecular weight excluding hydrogens is 364 g/mol. The van der Waals surface area contributed by atoms with Crippen LogP contribution in [-0.2, 0) is 10.0 Å². The minimum Gasteiger partial charge on any atom is -0.396 e. The van der Waals surface area contributed by atoms with Gasteiger partial charge in [0.05, 0.1) is 4.90 Å². The van der Waals surface area contributed by atoms with Gasteiger partial charge in [0.1, 0.15) is 0 Å². The Kier molecular flexibility index (Phi) is 8.26. The SMILES string of the molecule is CC(CO)CCCNC(=O)c1cccc(S(=O)(=O)N(C)C2CCCCC2)c1. The summed E-state index contributed by atoms with van der Waals surface area (Å²) < 4.78 is 27.4. The van der Waals surface area contributed by atoms with E-state index in [4.69, 9.17) is 5.11 Å². The second-order valence-corrected chi connectivity index (χ2v) is 9.52. The summed E-state index contributed by atoms with van der Waals surface area (Å²) in [6, 6.07) is 6.29. The van der Waals surface area contributed by atoms with E-state index in [9.17, 15) is 13.2 Å². The van der Waals surface area contributed by atoms with Crippen molar-refractivity contribution >= 4 is 15.9 Å². The summed E-state index contributed by atoms with van der Waals surface area (Å²) in [6.07, 6.45) is 6.67. The third kappa shape index (κ3) is 6.02. The van der Waals surface area contributed by atoms with Crippen LogP contribution in [0.15, 0.2) is 29.2 Å². The maximum atomic E-state index is 12.9. The second-order valence-electron chi connectivity index (χ2n) is 7.53. The maximum absolute atomic E-state index is 12.9. The highest BCUT2D eigenvalue weighted by atomic mass is 32.2. The van der Waals surface area contributed by atoms with E-state index in [1.807, 2.05) is 6.92 Å². The van der Waals surface area contributed by atoms with Crippen molar-refractivity contribution in [3.63, 3.8) is 0 Å². The van der Waals surface area contributed by atoms with Gasteiger partial charge in [-0.3, -0.25) is 4.79 Å². The molecule has 152 valence electrons. The molecule has 1 aromatic carbocycles. The highest BCUT2D eigenvalue weighted by Crippen LogP contribution is 2.26. The number of hydrogen-bond acceptors (Lipinski definition) is 4. The molecule has 1 aromatic rings. The molecule has 1 amide bonds. The highest BCUT2D eigenvalue weighted by Gasteiger charge is 2.29. The fourth-order valence-corrected chi connectivity index (χ4v) is 4.91. The van der Waals surface area contributed by atoms with E-state index in [-0.39, 0.29) is 29.4 Å². The predicted molar refractivity (Wildman–Crippen MR) is 106 cm³/mol. The Morgan fingerprint density at radius 1 is 1.30 bits per heavy atom. The fourth-order valence-electron chi connectivity index (χ4n) is 3.45. The molecule has 0 bridgehead atoms. The summed E-state index contributed by atoms with van der Waals surface area (Å²) in [5.41, 5.74) is 0.350. The molecule has 0 radical (unpaired) electrons. The van der Waals surface area contributed by atoms with Crippen LogP contribution in [0, 0.1) is 5.92 Å². The first-order valence-corrected chi connectivity index (χ1v) is 11.3. The van der Waals surface area contributed by atoms with Crippen molar-refractivity contribution in [3.8, 4) is 0 Å². The molecule has 1 fully saturated rings. The van der Waals surface area contributed by atoms with E-state index in [1.54, 1.807) is 25.2 Å². The third-order valence-corrected chi connectivity index (χ3v) is 7.24. The molecular formula is C20H32N2O4S. The number of aliphatic hydroxyl groups excluding tert-OH is 1. The maximum Gasteiger partial charge on any atom is 0.251 e. The van der Waals surface area contributed by atoms with E-state index in [0.717, 1.165) is 44.9 Å². The second kappa shape index (κ2) is 10.2. The highest BCUT2D eigenvalue weighted by molar-refractivity contribution is 7.89. The first-order valence-electron chi connectivity index (χ1n) is 9.83. The molecule has 27 heavy (non-hydrogen) atoms. The van der Waals surface area contributed by atoms with Crippen molar-refractivity contribution in [1.29, 1.82) is 0 Å². The minimum absolute atomic E-state index is 0.0368. The lowest BCUT2D eigenvalue weighted by atomic mass is 9.96. The lowest BCUT2D eigenvalue weighted by molar-refractivity contribution is 0.0952. The Labute approximate surface area is 163 Å². The van der Waals surface area contributed by atoms with Gasteiger partial charge in [-0.25, -0.2) is 8.42 Å². The molecule has 2 rings (SSSR count). The van der Waals surface area contributed by atoms with Gasteiger partial charge in [-0.15, -0.1) is 0 Å². The van der Waals surface area contributed by atoms with Crippen LogP contribution in [0.25, 0.3) is 0 Å². The van der Waals surface area contributed by atoms with E-state index < -0.39 is 10.0 Å². The van der Waals surface area contributed by atoms with Crippen molar-refractivity contribution < 1.29 is 18.3 Å². The van der Waals surface area contributed by atoms with E-state index in [0.29, 0.717) is 12.1 Å². The number of amides is 1. The molecule has 1 aliphatic carbocycles. The normalized spacial score (nSPS) is 17.0. The van der Waals surface area contributed by atoms with Gasteiger partial charge in [0.2, 0.25) is 10.0 Å². The summed E-state index contributed by atoms with van der Waals surface area (Å²) >= 11 is 0. The molecule has 1 atom stereocenters. The Balaban J connectivity index is 2.01. The van der Waals surface area contributed by atoms with Gasteiger partial charge in [0.25, 0.3) is 5.91 Å². The van der Waals surface area contributed by atoms with Gasteiger partial charge < -0.3 is 10.4 Å². The lowest BCUT2D eigenvalue weighted by Crippen LogP contribution is -2.38. The largest absolute Gasteiger partial charge is 0.396 e. The van der Waals surface area contributed by atoms with Crippen molar-refractivity contribution in [1.82, 2.24) is 9.62 Å². The zero-order valence-corrected chi connectivity index (χ0v) is 17.2. The van der Waals surface area contributed by atoms with Gasteiger partial charge in [-0.2, -0.15) is 4.31 Å². The van der Waals surface area contributed by atoms with Gasteiger partial charge in [-0.1, -0.05) is 32.3 Å². The molecule has 1 unspecified atom stereocenters. The van der Waals surface area contributed by atoms with Gasteiger partial charge in [-0.05, 0) is 49.8 Å². The average Bonchev–Trinajstić information content (AvgIpc) is 2.70. The average molecular weight is 397 g/mol. The fraction of sp³-hybridized carbons (Fsp3) is 0.650. The number of aliphatic hydroxyl groups is 1. The van der Waals surface area contributed by atoms with Crippen LogP contribution in [0.5, 0.6) is 0 Å². The topological polar surface area (TPSA) is 86.7 Å². The van der Waals surface area contributed by atoms with Gasteiger partial charge in [0, 0.05) is 31.8 Å². The molecule has 0 saturated heterocycles.